The Morgan fingerprint density at radius 2 is 2.00 bits per heavy atom. The maximum Gasteiger partial charge on any atom is 0.262 e. The summed E-state index contributed by atoms with van der Waals surface area (Å²) in [6.45, 7) is 4.86. The van der Waals surface area contributed by atoms with Gasteiger partial charge < -0.3 is 9.64 Å². The van der Waals surface area contributed by atoms with Gasteiger partial charge in [-0.3, -0.25) is 9.52 Å². The van der Waals surface area contributed by atoms with Crippen LogP contribution in [0.25, 0.3) is 0 Å². The van der Waals surface area contributed by atoms with E-state index in [1.165, 1.54) is 0 Å². The number of ether oxygens (including phenoxy) is 1. The van der Waals surface area contributed by atoms with Gasteiger partial charge in [-0.15, -0.1) is 0 Å². The van der Waals surface area contributed by atoms with Crippen LogP contribution < -0.4 is 9.62 Å². The van der Waals surface area contributed by atoms with Gasteiger partial charge in [-0.2, -0.15) is 0 Å². The molecule has 28 heavy (non-hydrogen) atoms. The molecule has 1 atom stereocenters. The first-order valence-corrected chi connectivity index (χ1v) is 11.0. The van der Waals surface area contributed by atoms with Crippen LogP contribution in [0, 0.1) is 13.8 Å². The van der Waals surface area contributed by atoms with Crippen molar-refractivity contribution in [3.63, 3.8) is 0 Å². The fourth-order valence-electron chi connectivity index (χ4n) is 3.82. The van der Waals surface area contributed by atoms with Gasteiger partial charge in [0.2, 0.25) is 0 Å². The second kappa shape index (κ2) is 7.22. The number of rotatable bonds is 4. The van der Waals surface area contributed by atoms with Crippen molar-refractivity contribution in [2.45, 2.75) is 44.1 Å². The van der Waals surface area contributed by atoms with Crippen LogP contribution in [0.4, 0.5) is 11.4 Å². The molecule has 2 aromatic rings. The van der Waals surface area contributed by atoms with E-state index in [2.05, 4.69) is 4.72 Å². The molecular weight excluding hydrogens is 376 g/mol. The smallest absolute Gasteiger partial charge is 0.262 e. The van der Waals surface area contributed by atoms with Gasteiger partial charge in [-0.1, -0.05) is 18.2 Å². The zero-order valence-corrected chi connectivity index (χ0v) is 16.9. The van der Waals surface area contributed by atoms with Gasteiger partial charge in [-0.25, -0.2) is 8.42 Å². The van der Waals surface area contributed by atoms with Crippen LogP contribution in [-0.4, -0.2) is 33.6 Å². The van der Waals surface area contributed by atoms with Gasteiger partial charge in [0.1, 0.15) is 6.10 Å². The Hall–Kier alpha value is -2.38. The summed E-state index contributed by atoms with van der Waals surface area (Å²) in [5.41, 5.74) is 3.83. The monoisotopic (exact) mass is 400 g/mol. The Kier molecular flexibility index (Phi) is 4.89. The van der Waals surface area contributed by atoms with Gasteiger partial charge in [0.25, 0.3) is 15.9 Å². The van der Waals surface area contributed by atoms with Crippen molar-refractivity contribution in [2.75, 3.05) is 22.8 Å². The highest BCUT2D eigenvalue weighted by atomic mass is 32.2. The normalized spacial score (nSPS) is 18.9. The summed E-state index contributed by atoms with van der Waals surface area (Å²) in [7, 11) is -3.72. The second-order valence-electron chi connectivity index (χ2n) is 7.46. The predicted octanol–water partition coefficient (Wildman–Crippen LogP) is 3.17. The molecule has 2 aliphatic heterocycles. The number of nitrogens with zero attached hydrogens (tertiary/aromatic N) is 1. The molecule has 2 aliphatic rings. The SMILES string of the molecule is Cc1ccc(C)c(S(=O)(=O)Nc2ccc3c(c2)N(C(=O)C2CCCO2)CC3)c1. The van der Waals surface area contributed by atoms with Crippen LogP contribution in [0.15, 0.2) is 41.3 Å². The molecule has 6 nitrogen and oxygen atoms in total. The average molecular weight is 401 g/mol. The minimum atomic E-state index is -3.72. The topological polar surface area (TPSA) is 75.7 Å². The Labute approximate surface area is 165 Å². The molecule has 4 rings (SSSR count). The van der Waals surface area contributed by atoms with Crippen LogP contribution in [0.2, 0.25) is 0 Å². The van der Waals surface area contributed by atoms with E-state index >= 15 is 0 Å². The number of aryl methyl sites for hydroxylation is 2. The van der Waals surface area contributed by atoms with E-state index in [4.69, 9.17) is 4.74 Å². The molecular formula is C21H24N2O4S. The lowest BCUT2D eigenvalue weighted by Crippen LogP contribution is -2.37. The molecule has 1 fully saturated rings. The lowest BCUT2D eigenvalue weighted by atomic mass is 10.1. The lowest BCUT2D eigenvalue weighted by Gasteiger charge is -2.21. The Morgan fingerprint density at radius 3 is 2.75 bits per heavy atom. The van der Waals surface area contributed by atoms with Crippen molar-refractivity contribution in [1.82, 2.24) is 0 Å². The Morgan fingerprint density at radius 1 is 1.18 bits per heavy atom. The van der Waals surface area contributed by atoms with E-state index in [0.717, 1.165) is 36.1 Å². The molecule has 0 aromatic heterocycles. The fraction of sp³-hybridized carbons (Fsp3) is 0.381. The van der Waals surface area contributed by atoms with Gasteiger partial charge >= 0.3 is 0 Å². The van der Waals surface area contributed by atoms with Gasteiger partial charge in [0.15, 0.2) is 0 Å². The molecule has 1 amide bonds. The summed E-state index contributed by atoms with van der Waals surface area (Å²) in [6, 6.07) is 10.7. The fourth-order valence-corrected chi connectivity index (χ4v) is 5.20. The highest BCUT2D eigenvalue weighted by Gasteiger charge is 2.33. The number of hydrogen-bond donors (Lipinski definition) is 1. The van der Waals surface area contributed by atoms with Gasteiger partial charge in [0.05, 0.1) is 10.6 Å². The molecule has 7 heteroatoms. The summed E-state index contributed by atoms with van der Waals surface area (Å²) in [6.07, 6.45) is 2.01. The van der Waals surface area contributed by atoms with Crippen molar-refractivity contribution in [3.8, 4) is 0 Å². The first kappa shape index (κ1) is 19.0. The maximum atomic E-state index is 12.9. The number of hydrogen-bond acceptors (Lipinski definition) is 4. The van der Waals surface area contributed by atoms with Crippen molar-refractivity contribution in [1.29, 1.82) is 0 Å². The van der Waals surface area contributed by atoms with E-state index in [-0.39, 0.29) is 16.9 Å². The molecule has 0 spiro atoms. The number of fused-ring (bicyclic) bond motifs is 1. The molecule has 1 saturated heterocycles. The third-order valence-electron chi connectivity index (χ3n) is 5.34. The van der Waals surface area contributed by atoms with E-state index in [1.54, 1.807) is 36.1 Å². The highest BCUT2D eigenvalue weighted by Crippen LogP contribution is 2.33. The summed E-state index contributed by atoms with van der Waals surface area (Å²) in [5, 5.41) is 0. The largest absolute Gasteiger partial charge is 0.368 e. The van der Waals surface area contributed by atoms with Crippen LogP contribution in [0.3, 0.4) is 0 Å². The van der Waals surface area contributed by atoms with E-state index in [0.29, 0.717) is 24.4 Å². The standard InChI is InChI=1S/C21H24N2O4S/c1-14-5-6-15(2)20(12-14)28(25,26)22-17-8-7-16-9-10-23(18(16)13-17)21(24)19-4-3-11-27-19/h5-8,12-13,19,22H,3-4,9-11H2,1-2H3. The van der Waals surface area contributed by atoms with Gasteiger partial charge in [-0.05, 0) is 68.0 Å². The molecule has 0 saturated carbocycles. The lowest BCUT2D eigenvalue weighted by molar-refractivity contribution is -0.127. The predicted molar refractivity (Wildman–Crippen MR) is 108 cm³/mol. The molecule has 0 radical (unpaired) electrons. The number of carbonyl (C=O) groups is 1. The third-order valence-corrected chi connectivity index (χ3v) is 6.86. The molecule has 148 valence electrons. The van der Waals surface area contributed by atoms with Crippen molar-refractivity contribution in [3.05, 3.63) is 53.1 Å². The summed E-state index contributed by atoms with van der Waals surface area (Å²) >= 11 is 0. The summed E-state index contributed by atoms with van der Waals surface area (Å²) < 4.78 is 34.0. The van der Waals surface area contributed by atoms with E-state index in [1.807, 2.05) is 19.1 Å². The number of sulfonamides is 1. The van der Waals surface area contributed by atoms with Gasteiger partial charge in [0, 0.05) is 18.8 Å². The minimum absolute atomic E-state index is 0.0363. The van der Waals surface area contributed by atoms with E-state index in [9.17, 15) is 13.2 Å². The number of amides is 1. The zero-order valence-electron chi connectivity index (χ0n) is 16.1. The summed E-state index contributed by atoms with van der Waals surface area (Å²) in [4.78, 5) is 14.8. The van der Waals surface area contributed by atoms with Crippen LogP contribution in [-0.2, 0) is 26.0 Å². The minimum Gasteiger partial charge on any atom is -0.368 e. The highest BCUT2D eigenvalue weighted by molar-refractivity contribution is 7.92. The van der Waals surface area contributed by atoms with Crippen LogP contribution in [0.1, 0.15) is 29.5 Å². The zero-order chi connectivity index (χ0) is 19.9. The molecule has 0 bridgehead atoms. The third kappa shape index (κ3) is 3.52. The first-order valence-electron chi connectivity index (χ1n) is 9.51. The molecule has 1 unspecified atom stereocenters. The summed E-state index contributed by atoms with van der Waals surface area (Å²) in [5.74, 6) is -0.0363. The first-order chi connectivity index (χ1) is 13.3. The van der Waals surface area contributed by atoms with Crippen molar-refractivity contribution < 1.29 is 17.9 Å². The number of nitrogens with one attached hydrogen (secondary N) is 1. The number of anilines is 2. The van der Waals surface area contributed by atoms with Crippen molar-refractivity contribution in [2.24, 2.45) is 0 Å². The van der Waals surface area contributed by atoms with Crippen LogP contribution in [0.5, 0.6) is 0 Å². The second-order valence-corrected chi connectivity index (χ2v) is 9.11. The maximum absolute atomic E-state index is 12.9. The molecule has 0 aliphatic carbocycles. The molecule has 2 aromatic carbocycles. The van der Waals surface area contributed by atoms with Crippen molar-refractivity contribution >= 4 is 27.3 Å². The number of benzene rings is 2. The average Bonchev–Trinajstić information content (AvgIpc) is 3.32. The molecule has 1 N–H and O–H groups in total. The number of carbonyl (C=O) groups excluding carboxylic acids is 1. The van der Waals surface area contributed by atoms with E-state index < -0.39 is 10.0 Å². The van der Waals surface area contributed by atoms with Crippen LogP contribution >= 0.6 is 0 Å². The Bertz CT molecular complexity index is 1030. The molecule has 2 heterocycles. The quantitative estimate of drug-likeness (QED) is 0.855. The Balaban J connectivity index is 1.61.